The summed E-state index contributed by atoms with van der Waals surface area (Å²) in [6.07, 6.45) is 3.51. The Morgan fingerprint density at radius 1 is 1.19 bits per heavy atom. The summed E-state index contributed by atoms with van der Waals surface area (Å²) in [5.41, 5.74) is 3.02. The number of hydrogen-bond acceptors (Lipinski definition) is 4. The van der Waals surface area contributed by atoms with E-state index >= 15 is 0 Å². The van der Waals surface area contributed by atoms with Crippen LogP contribution in [0.25, 0.3) is 21.1 Å². The highest BCUT2D eigenvalue weighted by molar-refractivity contribution is 7.17. The monoisotopic (exact) mass is 295 g/mol. The number of rotatable bonds is 3. The van der Waals surface area contributed by atoms with Crippen molar-refractivity contribution < 1.29 is 4.74 Å². The van der Waals surface area contributed by atoms with Crippen molar-refractivity contribution in [2.24, 2.45) is 7.05 Å². The van der Waals surface area contributed by atoms with Gasteiger partial charge in [0.05, 0.1) is 11.8 Å². The van der Waals surface area contributed by atoms with E-state index in [1.165, 1.54) is 15.6 Å². The first-order valence-corrected chi connectivity index (χ1v) is 7.55. The predicted octanol–water partition coefficient (Wildman–Crippen LogP) is 3.76. The van der Waals surface area contributed by atoms with Crippen LogP contribution in [0.15, 0.2) is 48.2 Å². The second kappa shape index (κ2) is 4.86. The fourth-order valence-electron chi connectivity index (χ4n) is 2.46. The van der Waals surface area contributed by atoms with Crippen LogP contribution in [0, 0.1) is 0 Å². The Labute approximate surface area is 125 Å². The number of hydrogen-bond donors (Lipinski definition) is 0. The van der Waals surface area contributed by atoms with E-state index in [-0.39, 0.29) is 0 Å². The Hall–Kier alpha value is -2.40. The van der Waals surface area contributed by atoms with E-state index < -0.39 is 0 Å². The Bertz CT molecular complexity index is 925. The molecule has 0 fully saturated rings. The molecular weight excluding hydrogens is 282 g/mol. The van der Waals surface area contributed by atoms with Crippen molar-refractivity contribution in [2.75, 3.05) is 0 Å². The molecule has 0 amide bonds. The molecule has 104 valence electrons. The van der Waals surface area contributed by atoms with E-state index in [9.17, 15) is 0 Å². The van der Waals surface area contributed by atoms with Gasteiger partial charge in [0.1, 0.15) is 12.1 Å². The van der Waals surface area contributed by atoms with Gasteiger partial charge in [0.25, 0.3) is 0 Å². The normalized spacial score (nSPS) is 11.3. The van der Waals surface area contributed by atoms with Gasteiger partial charge in [0.15, 0.2) is 0 Å². The number of aromatic nitrogens is 3. The fraction of sp³-hybridized carbons (Fsp3) is 0.125. The molecule has 0 radical (unpaired) electrons. The molecule has 0 aliphatic carbocycles. The van der Waals surface area contributed by atoms with Crippen molar-refractivity contribution in [3.8, 4) is 5.88 Å². The van der Waals surface area contributed by atoms with Gasteiger partial charge in [0, 0.05) is 23.5 Å². The molecule has 0 N–H and O–H groups in total. The topological polar surface area (TPSA) is 39.9 Å². The van der Waals surface area contributed by atoms with Gasteiger partial charge in [-0.3, -0.25) is 0 Å². The van der Waals surface area contributed by atoms with E-state index in [1.54, 1.807) is 23.9 Å². The van der Waals surface area contributed by atoms with E-state index in [0.29, 0.717) is 12.5 Å². The molecule has 5 heteroatoms. The van der Waals surface area contributed by atoms with Gasteiger partial charge < -0.3 is 9.30 Å². The third-order valence-corrected chi connectivity index (χ3v) is 4.53. The summed E-state index contributed by atoms with van der Waals surface area (Å²) < 4.78 is 9.16. The lowest BCUT2D eigenvalue weighted by molar-refractivity contribution is 0.298. The Balaban J connectivity index is 1.68. The summed E-state index contributed by atoms with van der Waals surface area (Å²) in [7, 11) is 1.95. The van der Waals surface area contributed by atoms with Crippen LogP contribution in [0.1, 0.15) is 5.56 Å². The number of ether oxygens (including phenoxy) is 1. The minimum absolute atomic E-state index is 0.515. The van der Waals surface area contributed by atoms with Gasteiger partial charge in [0.2, 0.25) is 5.88 Å². The zero-order valence-electron chi connectivity index (χ0n) is 11.5. The smallest absolute Gasteiger partial charge is 0.240 e. The van der Waals surface area contributed by atoms with Crippen molar-refractivity contribution in [1.82, 2.24) is 14.5 Å². The summed E-state index contributed by atoms with van der Waals surface area (Å²) in [5.74, 6) is 0.628. The molecule has 0 bridgehead atoms. The Kier molecular flexibility index (Phi) is 2.86. The molecule has 3 heterocycles. The van der Waals surface area contributed by atoms with Gasteiger partial charge in [-0.25, -0.2) is 9.97 Å². The number of fused-ring (bicyclic) bond motifs is 2. The summed E-state index contributed by atoms with van der Waals surface area (Å²) >= 11 is 1.74. The second-order valence-electron chi connectivity index (χ2n) is 4.89. The van der Waals surface area contributed by atoms with Gasteiger partial charge >= 0.3 is 0 Å². The molecule has 0 saturated heterocycles. The third-order valence-electron chi connectivity index (χ3n) is 3.52. The molecule has 21 heavy (non-hydrogen) atoms. The van der Waals surface area contributed by atoms with Crippen molar-refractivity contribution in [2.45, 2.75) is 6.61 Å². The molecular formula is C16H13N3OS. The molecule has 1 aromatic carbocycles. The van der Waals surface area contributed by atoms with E-state index in [4.69, 9.17) is 4.74 Å². The quantitative estimate of drug-likeness (QED) is 0.578. The Morgan fingerprint density at radius 2 is 2.10 bits per heavy atom. The number of benzene rings is 1. The second-order valence-corrected chi connectivity index (χ2v) is 5.80. The zero-order valence-corrected chi connectivity index (χ0v) is 12.3. The van der Waals surface area contributed by atoms with Crippen LogP contribution in [0.5, 0.6) is 5.88 Å². The molecule has 0 aliphatic heterocycles. The summed E-state index contributed by atoms with van der Waals surface area (Å²) in [5, 5.41) is 3.40. The predicted molar refractivity (Wildman–Crippen MR) is 84.7 cm³/mol. The first-order chi connectivity index (χ1) is 10.3. The number of pyridine rings is 1. The maximum Gasteiger partial charge on any atom is 0.240 e. The molecule has 0 saturated carbocycles. The van der Waals surface area contributed by atoms with E-state index in [0.717, 1.165) is 11.0 Å². The van der Waals surface area contributed by atoms with Gasteiger partial charge in [-0.1, -0.05) is 18.2 Å². The summed E-state index contributed by atoms with van der Waals surface area (Å²) in [6.45, 7) is 0.515. The summed E-state index contributed by atoms with van der Waals surface area (Å²) in [4.78, 5) is 8.66. The lowest BCUT2D eigenvalue weighted by atomic mass is 10.2. The third kappa shape index (κ3) is 2.06. The van der Waals surface area contributed by atoms with E-state index in [2.05, 4.69) is 39.6 Å². The fourth-order valence-corrected chi connectivity index (χ4v) is 3.41. The lowest BCUT2D eigenvalue weighted by Gasteiger charge is -2.06. The average Bonchev–Trinajstić information content (AvgIpc) is 3.10. The minimum atomic E-state index is 0.515. The highest BCUT2D eigenvalue weighted by atomic mass is 32.1. The van der Waals surface area contributed by atoms with Crippen LogP contribution < -0.4 is 4.74 Å². The molecule has 3 aromatic heterocycles. The first-order valence-electron chi connectivity index (χ1n) is 6.67. The Morgan fingerprint density at radius 3 is 3.05 bits per heavy atom. The molecule has 0 spiro atoms. The van der Waals surface area contributed by atoms with Gasteiger partial charge in [-0.15, -0.1) is 11.3 Å². The highest BCUT2D eigenvalue weighted by Gasteiger charge is 2.10. The number of nitrogens with zero attached hydrogens (tertiary/aromatic N) is 3. The minimum Gasteiger partial charge on any atom is -0.471 e. The number of aryl methyl sites for hydroxylation is 1. The molecule has 4 aromatic rings. The van der Waals surface area contributed by atoms with Crippen molar-refractivity contribution in [1.29, 1.82) is 0 Å². The van der Waals surface area contributed by atoms with Crippen LogP contribution in [-0.4, -0.2) is 14.5 Å². The summed E-state index contributed by atoms with van der Waals surface area (Å²) in [6, 6.07) is 10.3. The SMILES string of the molecule is Cn1cnc2ccnc(OCc3csc4ccccc34)c21. The molecule has 0 aliphatic rings. The first kappa shape index (κ1) is 12.3. The van der Waals surface area contributed by atoms with Crippen LogP contribution >= 0.6 is 11.3 Å². The van der Waals surface area contributed by atoms with Crippen molar-refractivity contribution in [3.63, 3.8) is 0 Å². The maximum absolute atomic E-state index is 5.95. The van der Waals surface area contributed by atoms with Crippen molar-refractivity contribution in [3.05, 3.63) is 53.8 Å². The van der Waals surface area contributed by atoms with Gasteiger partial charge in [-0.05, 0) is 22.9 Å². The number of imidazole rings is 1. The van der Waals surface area contributed by atoms with Crippen LogP contribution in [0.3, 0.4) is 0 Å². The largest absolute Gasteiger partial charge is 0.471 e. The highest BCUT2D eigenvalue weighted by Crippen LogP contribution is 2.28. The molecule has 4 nitrogen and oxygen atoms in total. The van der Waals surface area contributed by atoms with Crippen LogP contribution in [-0.2, 0) is 13.7 Å². The van der Waals surface area contributed by atoms with Crippen molar-refractivity contribution >= 4 is 32.5 Å². The average molecular weight is 295 g/mol. The zero-order chi connectivity index (χ0) is 14.2. The maximum atomic E-state index is 5.95. The standard InChI is InChI=1S/C16H13N3OS/c1-19-10-18-13-6-7-17-16(15(13)19)20-8-11-9-21-14-5-3-2-4-12(11)14/h2-7,9-10H,8H2,1H3. The molecule has 0 unspecified atom stereocenters. The molecule has 4 rings (SSSR count). The molecule has 0 atom stereocenters. The van der Waals surface area contributed by atoms with Crippen LogP contribution in [0.2, 0.25) is 0 Å². The van der Waals surface area contributed by atoms with E-state index in [1.807, 2.05) is 17.7 Å². The number of thiophene rings is 1. The van der Waals surface area contributed by atoms with Gasteiger partial charge in [-0.2, -0.15) is 0 Å². The van der Waals surface area contributed by atoms with Crippen LogP contribution in [0.4, 0.5) is 0 Å². The lowest BCUT2D eigenvalue weighted by Crippen LogP contribution is -1.99.